The first-order chi connectivity index (χ1) is 15.8. The zero-order valence-corrected chi connectivity index (χ0v) is 19.3. The van der Waals surface area contributed by atoms with E-state index in [9.17, 15) is 13.2 Å². The SMILES string of the molecule is Cc1ccc(C)c(S(=O)(=O)Nc2ccccc2C(=O)Nc2cccc(OCCCC#N)c2)c1. The van der Waals surface area contributed by atoms with Crippen LogP contribution in [-0.4, -0.2) is 20.9 Å². The average Bonchev–Trinajstić information content (AvgIpc) is 2.78. The maximum atomic E-state index is 13.0. The van der Waals surface area contributed by atoms with Crippen molar-refractivity contribution in [3.63, 3.8) is 0 Å². The Morgan fingerprint density at radius 3 is 2.61 bits per heavy atom. The number of nitrogens with zero attached hydrogens (tertiary/aromatic N) is 1. The van der Waals surface area contributed by atoms with E-state index in [2.05, 4.69) is 16.1 Å². The van der Waals surface area contributed by atoms with Crippen LogP contribution in [0.5, 0.6) is 5.75 Å². The Hall–Kier alpha value is -3.83. The number of hydrogen-bond acceptors (Lipinski definition) is 5. The Morgan fingerprint density at radius 2 is 1.82 bits per heavy atom. The second kappa shape index (κ2) is 10.7. The predicted octanol–water partition coefficient (Wildman–Crippen LogP) is 5.04. The minimum Gasteiger partial charge on any atom is -0.493 e. The van der Waals surface area contributed by atoms with Gasteiger partial charge in [-0.05, 0) is 61.7 Å². The summed E-state index contributed by atoms with van der Waals surface area (Å²) in [5.41, 5.74) is 2.31. The fourth-order valence-corrected chi connectivity index (χ4v) is 4.58. The molecular formula is C25H25N3O4S. The third kappa shape index (κ3) is 6.34. The molecule has 1 amide bonds. The van der Waals surface area contributed by atoms with E-state index < -0.39 is 15.9 Å². The number of amides is 1. The first kappa shape index (κ1) is 23.8. The van der Waals surface area contributed by atoms with Crippen LogP contribution in [0.3, 0.4) is 0 Å². The molecule has 0 aromatic heterocycles. The summed E-state index contributed by atoms with van der Waals surface area (Å²) >= 11 is 0. The number of ether oxygens (including phenoxy) is 1. The number of aryl methyl sites for hydroxylation is 2. The Morgan fingerprint density at radius 1 is 1.03 bits per heavy atom. The van der Waals surface area contributed by atoms with Gasteiger partial charge >= 0.3 is 0 Å². The molecule has 170 valence electrons. The molecule has 0 aliphatic heterocycles. The third-order valence-electron chi connectivity index (χ3n) is 4.84. The van der Waals surface area contributed by atoms with Gasteiger partial charge in [0.05, 0.1) is 28.8 Å². The number of carbonyl (C=O) groups is 1. The summed E-state index contributed by atoms with van der Waals surface area (Å²) < 4.78 is 34.2. The van der Waals surface area contributed by atoms with Crippen LogP contribution in [0.15, 0.2) is 71.6 Å². The quantitative estimate of drug-likeness (QED) is 0.432. The molecule has 0 radical (unpaired) electrons. The molecule has 0 saturated heterocycles. The molecule has 3 aromatic rings. The second-order valence-electron chi connectivity index (χ2n) is 7.51. The molecule has 0 spiro atoms. The molecule has 0 heterocycles. The van der Waals surface area contributed by atoms with Gasteiger partial charge in [0.15, 0.2) is 0 Å². The van der Waals surface area contributed by atoms with Crippen LogP contribution in [-0.2, 0) is 10.0 Å². The summed E-state index contributed by atoms with van der Waals surface area (Å²) in [6.45, 7) is 3.94. The van der Waals surface area contributed by atoms with E-state index in [1.54, 1.807) is 67.6 Å². The minimum atomic E-state index is -3.89. The molecule has 0 atom stereocenters. The van der Waals surface area contributed by atoms with Gasteiger partial charge in [0.1, 0.15) is 5.75 Å². The van der Waals surface area contributed by atoms with Crippen molar-refractivity contribution in [2.45, 2.75) is 31.6 Å². The van der Waals surface area contributed by atoms with Gasteiger partial charge in [-0.3, -0.25) is 9.52 Å². The summed E-state index contributed by atoms with van der Waals surface area (Å²) in [6, 6.07) is 20.6. The highest BCUT2D eigenvalue weighted by molar-refractivity contribution is 7.92. The highest BCUT2D eigenvalue weighted by Crippen LogP contribution is 2.25. The Bertz CT molecular complexity index is 1300. The second-order valence-corrected chi connectivity index (χ2v) is 9.16. The van der Waals surface area contributed by atoms with Crippen molar-refractivity contribution < 1.29 is 17.9 Å². The Kier molecular flexibility index (Phi) is 7.70. The zero-order valence-electron chi connectivity index (χ0n) is 18.5. The van der Waals surface area contributed by atoms with E-state index in [1.807, 2.05) is 13.0 Å². The van der Waals surface area contributed by atoms with E-state index in [-0.39, 0.29) is 16.1 Å². The van der Waals surface area contributed by atoms with Gasteiger partial charge in [0.2, 0.25) is 0 Å². The normalized spacial score (nSPS) is 10.8. The van der Waals surface area contributed by atoms with Crippen molar-refractivity contribution in [3.8, 4) is 11.8 Å². The Labute approximate surface area is 194 Å². The maximum Gasteiger partial charge on any atom is 0.262 e. The van der Waals surface area contributed by atoms with Crippen LogP contribution < -0.4 is 14.8 Å². The lowest BCUT2D eigenvalue weighted by atomic mass is 10.1. The fraction of sp³-hybridized carbons (Fsp3) is 0.200. The van der Waals surface area contributed by atoms with Gasteiger partial charge in [0.25, 0.3) is 15.9 Å². The molecule has 8 heteroatoms. The number of para-hydroxylation sites is 1. The molecule has 0 saturated carbocycles. The third-order valence-corrected chi connectivity index (χ3v) is 6.35. The summed E-state index contributed by atoms with van der Waals surface area (Å²) in [5.74, 6) is 0.102. The molecule has 3 rings (SSSR count). The molecule has 3 aromatic carbocycles. The van der Waals surface area contributed by atoms with Gasteiger partial charge in [-0.15, -0.1) is 0 Å². The summed E-state index contributed by atoms with van der Waals surface area (Å²) in [4.78, 5) is 13.1. The van der Waals surface area contributed by atoms with Crippen molar-refractivity contribution in [1.82, 2.24) is 0 Å². The fourth-order valence-electron chi connectivity index (χ4n) is 3.17. The van der Waals surface area contributed by atoms with Crippen LogP contribution in [0.2, 0.25) is 0 Å². The van der Waals surface area contributed by atoms with Crippen LogP contribution in [0.4, 0.5) is 11.4 Å². The van der Waals surface area contributed by atoms with Crippen LogP contribution in [0.25, 0.3) is 0 Å². The number of nitrogens with one attached hydrogen (secondary N) is 2. The number of hydrogen-bond donors (Lipinski definition) is 2. The number of anilines is 2. The monoisotopic (exact) mass is 463 g/mol. The lowest BCUT2D eigenvalue weighted by Gasteiger charge is -2.15. The number of carbonyl (C=O) groups excluding carboxylic acids is 1. The van der Waals surface area contributed by atoms with Crippen LogP contribution >= 0.6 is 0 Å². The van der Waals surface area contributed by atoms with Gasteiger partial charge in [0, 0.05) is 18.2 Å². The van der Waals surface area contributed by atoms with Crippen molar-refractivity contribution in [2.75, 3.05) is 16.6 Å². The van der Waals surface area contributed by atoms with E-state index in [1.165, 1.54) is 0 Å². The molecule has 33 heavy (non-hydrogen) atoms. The molecule has 2 N–H and O–H groups in total. The lowest BCUT2D eigenvalue weighted by Crippen LogP contribution is -2.19. The van der Waals surface area contributed by atoms with Crippen molar-refractivity contribution >= 4 is 27.3 Å². The number of unbranched alkanes of at least 4 members (excludes halogenated alkanes) is 1. The highest BCUT2D eigenvalue weighted by Gasteiger charge is 2.20. The molecule has 0 aliphatic rings. The van der Waals surface area contributed by atoms with Gasteiger partial charge in [-0.1, -0.05) is 30.3 Å². The molecular weight excluding hydrogens is 438 g/mol. The smallest absolute Gasteiger partial charge is 0.262 e. The predicted molar refractivity (Wildman–Crippen MR) is 128 cm³/mol. The van der Waals surface area contributed by atoms with Crippen LogP contribution in [0.1, 0.15) is 34.3 Å². The van der Waals surface area contributed by atoms with E-state index >= 15 is 0 Å². The highest BCUT2D eigenvalue weighted by atomic mass is 32.2. The molecule has 0 unspecified atom stereocenters. The lowest BCUT2D eigenvalue weighted by molar-refractivity contribution is 0.102. The van der Waals surface area contributed by atoms with E-state index in [4.69, 9.17) is 10.00 Å². The number of rotatable bonds is 9. The Balaban J connectivity index is 1.78. The molecule has 0 aliphatic carbocycles. The van der Waals surface area contributed by atoms with Crippen molar-refractivity contribution in [2.24, 2.45) is 0 Å². The van der Waals surface area contributed by atoms with E-state index in [0.29, 0.717) is 36.4 Å². The summed E-state index contributed by atoms with van der Waals surface area (Å²) in [6.07, 6.45) is 1.02. The van der Waals surface area contributed by atoms with Crippen LogP contribution in [0, 0.1) is 25.2 Å². The average molecular weight is 464 g/mol. The number of sulfonamides is 1. The summed E-state index contributed by atoms with van der Waals surface area (Å²) in [7, 11) is -3.89. The van der Waals surface area contributed by atoms with E-state index in [0.717, 1.165) is 5.56 Å². The zero-order chi connectivity index (χ0) is 23.8. The topological polar surface area (TPSA) is 108 Å². The number of benzene rings is 3. The van der Waals surface area contributed by atoms with Crippen molar-refractivity contribution in [1.29, 1.82) is 5.26 Å². The van der Waals surface area contributed by atoms with Gasteiger partial charge in [-0.2, -0.15) is 5.26 Å². The number of nitriles is 1. The summed E-state index contributed by atoms with van der Waals surface area (Å²) in [5, 5.41) is 11.4. The molecule has 0 fully saturated rings. The van der Waals surface area contributed by atoms with Crippen molar-refractivity contribution in [3.05, 3.63) is 83.4 Å². The minimum absolute atomic E-state index is 0.166. The maximum absolute atomic E-state index is 13.0. The first-order valence-electron chi connectivity index (χ1n) is 10.4. The van der Waals surface area contributed by atoms with Gasteiger partial charge in [-0.25, -0.2) is 8.42 Å². The van der Waals surface area contributed by atoms with Gasteiger partial charge < -0.3 is 10.1 Å². The largest absolute Gasteiger partial charge is 0.493 e. The molecule has 0 bridgehead atoms. The molecule has 7 nitrogen and oxygen atoms in total. The standard InChI is InChI=1S/C25H25N3O4S/c1-18-12-13-19(2)24(16-18)33(30,31)28-23-11-4-3-10-22(23)25(29)27-20-8-7-9-21(17-20)32-15-6-5-14-26/h3-4,7-13,16-17,28H,5-6,15H2,1-2H3,(H,27,29). The first-order valence-corrected chi connectivity index (χ1v) is 11.9.